The van der Waals surface area contributed by atoms with E-state index in [1.165, 1.54) is 0 Å². The van der Waals surface area contributed by atoms with Crippen LogP contribution in [0.3, 0.4) is 0 Å². The monoisotopic (exact) mass is 340 g/mol. The predicted molar refractivity (Wildman–Crippen MR) is 72.4 cm³/mol. The Morgan fingerprint density at radius 2 is 2.27 bits per heavy atom. The van der Waals surface area contributed by atoms with Crippen LogP contribution in [0.1, 0.15) is 17.3 Å². The Labute approximate surface area is 109 Å². The molecule has 1 aromatic carbocycles. The van der Waals surface area contributed by atoms with Crippen molar-refractivity contribution >= 4 is 40.9 Å². The molecule has 0 saturated carbocycles. The zero-order chi connectivity index (χ0) is 10.6. The fraction of sp³-hybridized carbons (Fsp3) is 0.300. The van der Waals surface area contributed by atoms with Gasteiger partial charge in [-0.3, -0.25) is 4.79 Å². The lowest BCUT2D eigenvalue weighted by atomic mass is 10.2. The third-order valence-corrected chi connectivity index (χ3v) is 2.49. The summed E-state index contributed by atoms with van der Waals surface area (Å²) >= 11 is 2.18. The van der Waals surface area contributed by atoms with Gasteiger partial charge in [-0.1, -0.05) is 6.07 Å². The molecule has 15 heavy (non-hydrogen) atoms. The van der Waals surface area contributed by atoms with Gasteiger partial charge in [-0.2, -0.15) is 0 Å². The topological polar surface area (TPSA) is 55.1 Å². The Morgan fingerprint density at radius 3 is 2.80 bits per heavy atom. The highest BCUT2D eigenvalue weighted by Crippen LogP contribution is 2.07. The minimum Gasteiger partial charge on any atom is -0.348 e. The van der Waals surface area contributed by atoms with E-state index in [0.29, 0.717) is 12.1 Å². The van der Waals surface area contributed by atoms with Gasteiger partial charge in [0.2, 0.25) is 0 Å². The van der Waals surface area contributed by atoms with Gasteiger partial charge in [-0.15, -0.1) is 12.4 Å². The van der Waals surface area contributed by atoms with Crippen molar-refractivity contribution in [3.8, 4) is 0 Å². The Kier molecular flexibility index (Phi) is 6.87. The number of rotatable bonds is 3. The number of halogens is 2. The maximum atomic E-state index is 11.6. The summed E-state index contributed by atoms with van der Waals surface area (Å²) in [7, 11) is 0. The molecule has 0 saturated heterocycles. The van der Waals surface area contributed by atoms with Crippen molar-refractivity contribution in [3.63, 3.8) is 0 Å². The zero-order valence-electron chi connectivity index (χ0n) is 8.37. The minimum atomic E-state index is -0.0681. The van der Waals surface area contributed by atoms with Crippen LogP contribution in [0.25, 0.3) is 0 Å². The molecule has 1 amide bonds. The molecule has 0 aromatic heterocycles. The van der Waals surface area contributed by atoms with E-state index in [9.17, 15) is 4.79 Å². The molecule has 0 heterocycles. The molecule has 84 valence electrons. The van der Waals surface area contributed by atoms with Gasteiger partial charge in [0.05, 0.1) is 0 Å². The van der Waals surface area contributed by atoms with E-state index in [0.717, 1.165) is 3.57 Å². The molecule has 0 radical (unpaired) electrons. The van der Waals surface area contributed by atoms with Crippen LogP contribution in [0, 0.1) is 3.57 Å². The first kappa shape index (κ1) is 14.7. The van der Waals surface area contributed by atoms with Crippen LogP contribution in [0.5, 0.6) is 0 Å². The lowest BCUT2D eigenvalue weighted by Crippen LogP contribution is -2.37. The molecule has 1 aromatic rings. The van der Waals surface area contributed by atoms with E-state index in [-0.39, 0.29) is 24.4 Å². The number of nitrogens with two attached hydrogens (primary N) is 1. The van der Waals surface area contributed by atoms with Crippen LogP contribution in [0.15, 0.2) is 24.3 Å². The molecule has 3 N–H and O–H groups in total. The van der Waals surface area contributed by atoms with Crippen molar-refractivity contribution in [2.75, 3.05) is 6.54 Å². The summed E-state index contributed by atoms with van der Waals surface area (Å²) in [5.41, 5.74) is 6.09. The number of hydrogen-bond acceptors (Lipinski definition) is 2. The number of amides is 1. The number of carbonyl (C=O) groups is 1. The van der Waals surface area contributed by atoms with Gasteiger partial charge in [0.1, 0.15) is 0 Å². The van der Waals surface area contributed by atoms with Crippen LogP contribution in [0.4, 0.5) is 0 Å². The molecule has 0 spiro atoms. The van der Waals surface area contributed by atoms with Crippen molar-refractivity contribution in [3.05, 3.63) is 33.4 Å². The largest absolute Gasteiger partial charge is 0.348 e. The van der Waals surface area contributed by atoms with Crippen molar-refractivity contribution in [2.45, 2.75) is 13.0 Å². The smallest absolute Gasteiger partial charge is 0.251 e. The summed E-state index contributed by atoms with van der Waals surface area (Å²) in [5.74, 6) is -0.0681. The number of carbonyl (C=O) groups excluding carboxylic acids is 1. The lowest BCUT2D eigenvalue weighted by Gasteiger charge is -2.11. The molecule has 5 heteroatoms. The molecule has 1 atom stereocenters. The van der Waals surface area contributed by atoms with Crippen LogP contribution in [-0.4, -0.2) is 18.5 Å². The normalized spacial score (nSPS) is 11.4. The highest BCUT2D eigenvalue weighted by atomic mass is 127. The average molecular weight is 341 g/mol. The first-order chi connectivity index (χ1) is 6.63. The second-order valence-electron chi connectivity index (χ2n) is 3.12. The second-order valence-corrected chi connectivity index (χ2v) is 4.37. The van der Waals surface area contributed by atoms with Crippen molar-refractivity contribution in [1.29, 1.82) is 0 Å². The Hall–Kier alpha value is -0.330. The van der Waals surface area contributed by atoms with E-state index >= 15 is 0 Å². The summed E-state index contributed by atoms with van der Waals surface area (Å²) in [6, 6.07) is 7.47. The number of hydrogen-bond donors (Lipinski definition) is 2. The molecule has 0 bridgehead atoms. The van der Waals surface area contributed by atoms with Crippen LogP contribution in [-0.2, 0) is 0 Å². The molecular weight excluding hydrogens is 326 g/mol. The third kappa shape index (κ3) is 4.81. The van der Waals surface area contributed by atoms with Gasteiger partial charge in [0.15, 0.2) is 0 Å². The first-order valence-corrected chi connectivity index (χ1v) is 5.48. The van der Waals surface area contributed by atoms with E-state index in [1.807, 2.05) is 25.1 Å². The molecule has 0 aliphatic heterocycles. The Balaban J connectivity index is 0.00000196. The van der Waals surface area contributed by atoms with E-state index in [2.05, 4.69) is 27.9 Å². The maximum absolute atomic E-state index is 11.6. The van der Waals surface area contributed by atoms with Gasteiger partial charge in [-0.05, 0) is 47.7 Å². The third-order valence-electron chi connectivity index (χ3n) is 1.82. The zero-order valence-corrected chi connectivity index (χ0v) is 11.3. The van der Waals surface area contributed by atoms with E-state index < -0.39 is 0 Å². The van der Waals surface area contributed by atoms with E-state index in [4.69, 9.17) is 5.73 Å². The summed E-state index contributed by atoms with van der Waals surface area (Å²) in [5, 5.41) is 2.81. The van der Waals surface area contributed by atoms with E-state index in [1.54, 1.807) is 6.07 Å². The van der Waals surface area contributed by atoms with Gasteiger partial charge in [-0.25, -0.2) is 0 Å². The van der Waals surface area contributed by atoms with Gasteiger partial charge >= 0.3 is 0 Å². The maximum Gasteiger partial charge on any atom is 0.251 e. The minimum absolute atomic E-state index is 0. The summed E-state index contributed by atoms with van der Waals surface area (Å²) in [6.07, 6.45) is 0. The molecule has 0 fully saturated rings. The quantitative estimate of drug-likeness (QED) is 0.824. The molecule has 0 aliphatic rings. The van der Waals surface area contributed by atoms with Gasteiger partial charge in [0.25, 0.3) is 5.91 Å². The first-order valence-electron chi connectivity index (χ1n) is 4.40. The lowest BCUT2D eigenvalue weighted by molar-refractivity contribution is 0.0941. The Morgan fingerprint density at radius 1 is 1.60 bits per heavy atom. The van der Waals surface area contributed by atoms with Crippen molar-refractivity contribution < 1.29 is 4.79 Å². The highest BCUT2D eigenvalue weighted by Gasteiger charge is 2.07. The predicted octanol–water partition coefficient (Wildman–Crippen LogP) is 1.79. The van der Waals surface area contributed by atoms with Crippen molar-refractivity contribution in [2.24, 2.45) is 5.73 Å². The molecule has 0 aliphatic carbocycles. The standard InChI is InChI=1S/C10H13IN2O.ClH/c1-7(6-12)13-10(14)8-3-2-4-9(11)5-8;/h2-5,7H,6,12H2,1H3,(H,13,14);1H/t7-;/m0./s1. The summed E-state index contributed by atoms with van der Waals surface area (Å²) in [6.45, 7) is 2.33. The van der Waals surface area contributed by atoms with Crippen molar-refractivity contribution in [1.82, 2.24) is 5.32 Å². The van der Waals surface area contributed by atoms with Crippen LogP contribution in [0.2, 0.25) is 0 Å². The summed E-state index contributed by atoms with van der Waals surface area (Å²) in [4.78, 5) is 11.6. The average Bonchev–Trinajstić information content (AvgIpc) is 2.17. The molecule has 1 rings (SSSR count). The number of benzene rings is 1. The molecule has 0 unspecified atom stereocenters. The molecular formula is C10H14ClIN2O. The highest BCUT2D eigenvalue weighted by molar-refractivity contribution is 14.1. The second kappa shape index (κ2) is 7.03. The van der Waals surface area contributed by atoms with Gasteiger partial charge < -0.3 is 11.1 Å². The van der Waals surface area contributed by atoms with Crippen LogP contribution < -0.4 is 11.1 Å². The SMILES string of the molecule is C[C@@H](CN)NC(=O)c1cccc(I)c1.Cl. The summed E-state index contributed by atoms with van der Waals surface area (Å²) < 4.78 is 1.05. The van der Waals surface area contributed by atoms with Gasteiger partial charge in [0, 0.05) is 21.7 Å². The van der Waals surface area contributed by atoms with Crippen LogP contribution >= 0.6 is 35.0 Å². The number of nitrogens with one attached hydrogen (secondary N) is 1. The molecule has 3 nitrogen and oxygen atoms in total. The Bertz CT molecular complexity index is 333. The fourth-order valence-corrected chi connectivity index (χ4v) is 1.54. The fourth-order valence-electron chi connectivity index (χ4n) is 0.996.